The van der Waals surface area contributed by atoms with Crippen molar-refractivity contribution in [3.63, 3.8) is 0 Å². The van der Waals surface area contributed by atoms with Crippen molar-refractivity contribution >= 4 is 35.5 Å². The summed E-state index contributed by atoms with van der Waals surface area (Å²) >= 11 is 0. The number of esters is 1. The summed E-state index contributed by atoms with van der Waals surface area (Å²) in [7, 11) is 0. The molecule has 45 heavy (non-hydrogen) atoms. The molecule has 1 aliphatic heterocycles. The van der Waals surface area contributed by atoms with Crippen LogP contribution in [0, 0.1) is 17.3 Å². The highest BCUT2D eigenvalue weighted by Crippen LogP contribution is 2.33. The Morgan fingerprint density at radius 3 is 1.82 bits per heavy atom. The molecule has 0 aromatic rings. The van der Waals surface area contributed by atoms with E-state index in [0.717, 1.165) is 5.92 Å². The number of amides is 5. The van der Waals surface area contributed by atoms with Crippen LogP contribution in [0.25, 0.3) is 0 Å². The number of Topliss-reactive ketones (excluding diaryl/α,β-unsaturated/α-hetero) is 1. The number of nitrogens with one attached hydrogen (secondary N) is 3. The van der Waals surface area contributed by atoms with Crippen molar-refractivity contribution < 1.29 is 46.7 Å². The summed E-state index contributed by atoms with van der Waals surface area (Å²) in [6, 6.07) is -5.89. The number of hydrogen-bond donors (Lipinski definition) is 4. The van der Waals surface area contributed by atoms with E-state index in [9.17, 15) is 41.9 Å². The van der Waals surface area contributed by atoms with Gasteiger partial charge in [0, 0.05) is 6.54 Å². The van der Waals surface area contributed by atoms with Crippen LogP contribution in [0.4, 0.5) is 18.0 Å². The second kappa shape index (κ2) is 16.8. The first kappa shape index (κ1) is 41.6. The fraction of sp³-hybridized carbons (Fsp3) is 0.800. The van der Waals surface area contributed by atoms with Gasteiger partial charge in [0.1, 0.15) is 18.1 Å². The van der Waals surface area contributed by atoms with Gasteiger partial charge in [0.15, 0.2) is 0 Å². The number of nitrogens with two attached hydrogens (primary N) is 1. The molecular formula is C30H52F3N5O7. The van der Waals surface area contributed by atoms with E-state index < -0.39 is 82.8 Å². The Morgan fingerprint density at radius 1 is 0.911 bits per heavy atom. The van der Waals surface area contributed by atoms with Gasteiger partial charge in [-0.25, -0.2) is 9.59 Å². The number of alkyl halides is 3. The number of primary amides is 1. The smallest absolute Gasteiger partial charge is 0.427 e. The molecule has 0 saturated carbocycles. The summed E-state index contributed by atoms with van der Waals surface area (Å²) in [5.74, 6) is -4.62. The van der Waals surface area contributed by atoms with Gasteiger partial charge in [0.05, 0.1) is 6.04 Å². The highest BCUT2D eigenvalue weighted by Gasteiger charge is 2.52. The topological polar surface area (TPSA) is 177 Å². The molecule has 0 aromatic carbocycles. The van der Waals surface area contributed by atoms with E-state index in [2.05, 4.69) is 41.5 Å². The highest BCUT2D eigenvalue weighted by molar-refractivity contribution is 6.37. The Balaban J connectivity index is 0.00000356. The molecule has 15 heteroatoms. The maximum Gasteiger partial charge on any atom is 0.427 e. The minimum absolute atomic E-state index is 0.165. The number of halogens is 3. The predicted molar refractivity (Wildman–Crippen MR) is 161 cm³/mol. The van der Waals surface area contributed by atoms with Crippen LogP contribution in [0.15, 0.2) is 0 Å². The van der Waals surface area contributed by atoms with Crippen LogP contribution < -0.4 is 21.7 Å². The standard InChI is InChI=1S/C25H40F3N5O7.C5H12/c1-12(2)15(21(38)40-24(7,8)25(26,27)28)31-22(39)32-17(23(4,5)6)20(37)33-11-9-10-14(33)19(36)30-13(3)16(34)18(29)35;1-4-5(2)3/h12-15,17H,9-11H2,1-8H3,(H2,29,35)(H,30,36)(H2,31,32,39);5H,4H2,1-3H3/t13?,14-,15?,17?;/m0./s1. The van der Waals surface area contributed by atoms with E-state index in [-0.39, 0.29) is 13.0 Å². The molecule has 1 rings (SSSR count). The Morgan fingerprint density at radius 2 is 1.42 bits per heavy atom. The first-order chi connectivity index (χ1) is 20.3. The van der Waals surface area contributed by atoms with E-state index in [0.29, 0.717) is 20.3 Å². The van der Waals surface area contributed by atoms with Gasteiger partial charge < -0.3 is 31.3 Å². The zero-order chi connectivity index (χ0) is 35.7. The molecule has 1 fully saturated rings. The summed E-state index contributed by atoms with van der Waals surface area (Å²) in [6.45, 7) is 17.4. The third-order valence-corrected chi connectivity index (χ3v) is 7.28. The normalized spacial score (nSPS) is 17.4. The van der Waals surface area contributed by atoms with Crippen LogP contribution in [0.5, 0.6) is 0 Å². The molecule has 12 nitrogen and oxygen atoms in total. The number of hydrogen-bond acceptors (Lipinski definition) is 7. The molecule has 260 valence electrons. The van der Waals surface area contributed by atoms with Crippen LogP contribution in [-0.4, -0.2) is 82.9 Å². The molecule has 0 aliphatic carbocycles. The van der Waals surface area contributed by atoms with E-state index in [1.807, 2.05) is 0 Å². The predicted octanol–water partition coefficient (Wildman–Crippen LogP) is 3.21. The zero-order valence-electron chi connectivity index (χ0n) is 28.3. The molecule has 0 aromatic heterocycles. The largest absolute Gasteiger partial charge is 0.448 e. The molecule has 0 radical (unpaired) electrons. The van der Waals surface area contributed by atoms with Crippen molar-refractivity contribution in [1.29, 1.82) is 0 Å². The molecule has 1 saturated heterocycles. The van der Waals surface area contributed by atoms with Crippen LogP contribution in [0.2, 0.25) is 0 Å². The second-order valence-electron chi connectivity index (χ2n) is 13.5. The van der Waals surface area contributed by atoms with E-state index in [4.69, 9.17) is 5.73 Å². The number of urea groups is 1. The Bertz CT molecular complexity index is 1070. The van der Waals surface area contributed by atoms with Gasteiger partial charge in [0.2, 0.25) is 23.2 Å². The molecule has 0 bridgehead atoms. The number of carbonyl (C=O) groups is 6. The van der Waals surface area contributed by atoms with Crippen molar-refractivity contribution in [2.45, 2.75) is 131 Å². The van der Waals surface area contributed by atoms with Gasteiger partial charge in [-0.1, -0.05) is 61.8 Å². The van der Waals surface area contributed by atoms with Gasteiger partial charge in [-0.05, 0) is 50.9 Å². The molecule has 5 N–H and O–H groups in total. The third-order valence-electron chi connectivity index (χ3n) is 7.28. The lowest BCUT2D eigenvalue weighted by molar-refractivity contribution is -0.258. The summed E-state index contributed by atoms with van der Waals surface area (Å²) in [5, 5.41) is 7.15. The lowest BCUT2D eigenvalue weighted by Crippen LogP contribution is -2.61. The van der Waals surface area contributed by atoms with Gasteiger partial charge in [-0.3, -0.25) is 19.2 Å². The van der Waals surface area contributed by atoms with E-state index >= 15 is 0 Å². The van der Waals surface area contributed by atoms with Gasteiger partial charge >= 0.3 is 18.2 Å². The fourth-order valence-corrected chi connectivity index (χ4v) is 3.89. The maximum absolute atomic E-state index is 13.6. The van der Waals surface area contributed by atoms with Crippen molar-refractivity contribution in [1.82, 2.24) is 20.9 Å². The van der Waals surface area contributed by atoms with Crippen LogP contribution in [0.1, 0.15) is 95.4 Å². The van der Waals surface area contributed by atoms with Crippen LogP contribution in [-0.2, 0) is 28.7 Å². The number of likely N-dealkylation sites (tertiary alicyclic amines) is 1. The number of rotatable bonds is 11. The molecule has 1 aliphatic rings. The minimum atomic E-state index is -4.85. The SMILES string of the molecule is CC(NC(=O)[C@@H]1CCCN1C(=O)C(NC(=O)NC(C(=O)OC(C)(C)C(F)(F)F)C(C)C)C(C)(C)C)C(=O)C(N)=O.CCC(C)C. The average Bonchev–Trinajstić information content (AvgIpc) is 3.38. The zero-order valence-corrected chi connectivity index (χ0v) is 28.3. The lowest BCUT2D eigenvalue weighted by Gasteiger charge is -2.36. The first-order valence-corrected chi connectivity index (χ1v) is 15.1. The van der Waals surface area contributed by atoms with Gasteiger partial charge in [-0.15, -0.1) is 0 Å². The third kappa shape index (κ3) is 12.9. The monoisotopic (exact) mass is 651 g/mol. The maximum atomic E-state index is 13.6. The van der Waals surface area contributed by atoms with Crippen molar-refractivity contribution in [2.75, 3.05) is 6.54 Å². The van der Waals surface area contributed by atoms with E-state index in [1.165, 1.54) is 32.1 Å². The first-order valence-electron chi connectivity index (χ1n) is 15.1. The molecule has 1 heterocycles. The molecule has 3 unspecified atom stereocenters. The quantitative estimate of drug-likeness (QED) is 0.196. The summed E-state index contributed by atoms with van der Waals surface area (Å²) < 4.78 is 44.3. The number of ketones is 1. The van der Waals surface area contributed by atoms with Crippen molar-refractivity contribution in [3.8, 4) is 0 Å². The van der Waals surface area contributed by atoms with Crippen molar-refractivity contribution in [2.24, 2.45) is 23.0 Å². The molecule has 0 spiro atoms. The highest BCUT2D eigenvalue weighted by atomic mass is 19.4. The van der Waals surface area contributed by atoms with Gasteiger partial charge in [-0.2, -0.15) is 13.2 Å². The Labute approximate surface area is 264 Å². The van der Waals surface area contributed by atoms with Gasteiger partial charge in [0.25, 0.3) is 5.91 Å². The number of nitrogens with zero attached hydrogens (tertiary/aromatic N) is 1. The fourth-order valence-electron chi connectivity index (χ4n) is 3.89. The number of carbonyl (C=O) groups excluding carboxylic acids is 6. The minimum Gasteiger partial charge on any atom is -0.448 e. The molecule has 5 amide bonds. The molecule has 4 atom stereocenters. The van der Waals surface area contributed by atoms with Crippen molar-refractivity contribution in [3.05, 3.63) is 0 Å². The molecular weight excluding hydrogens is 599 g/mol. The summed E-state index contributed by atoms with van der Waals surface area (Å²) in [5.41, 5.74) is 1.26. The Hall–Kier alpha value is -3.39. The van der Waals surface area contributed by atoms with E-state index in [1.54, 1.807) is 20.8 Å². The number of ether oxygens (including phenoxy) is 1. The van der Waals surface area contributed by atoms with Crippen LogP contribution in [0.3, 0.4) is 0 Å². The summed E-state index contributed by atoms with van der Waals surface area (Å²) in [4.78, 5) is 76.0. The second-order valence-corrected chi connectivity index (χ2v) is 13.5. The van der Waals surface area contributed by atoms with Crippen LogP contribution >= 0.6 is 0 Å². The lowest BCUT2D eigenvalue weighted by atomic mass is 9.85. The average molecular weight is 652 g/mol. The Kier molecular flexibility index (Phi) is 15.5. The summed E-state index contributed by atoms with van der Waals surface area (Å²) in [6.07, 6.45) is -2.84.